The van der Waals surface area contributed by atoms with Gasteiger partial charge in [0.2, 0.25) is 0 Å². The number of hydrogen-bond donors (Lipinski definition) is 1. The average molecular weight is 334 g/mol. The molecule has 2 rings (SSSR count). The summed E-state index contributed by atoms with van der Waals surface area (Å²) < 4.78 is 6.50. The largest absolute Gasteiger partial charge is 0.454 e. The normalized spacial score (nSPS) is 22.5. The van der Waals surface area contributed by atoms with Gasteiger partial charge in [-0.3, -0.25) is 0 Å². The summed E-state index contributed by atoms with van der Waals surface area (Å²) in [5, 5.41) is 3.58. The molecule has 90 valence electrons. The fraction of sp³-hybridized carbons (Fsp3) is 0.667. The van der Waals surface area contributed by atoms with E-state index in [0.29, 0.717) is 6.04 Å². The molecule has 0 aromatic carbocycles. The number of likely N-dealkylation sites (N-methyl/N-ethyl adjacent to an activating group) is 1. The number of piperidine rings is 1. The lowest BCUT2D eigenvalue weighted by Crippen LogP contribution is -2.45. The number of rotatable bonds is 4. The molecule has 0 saturated carbocycles. The van der Waals surface area contributed by atoms with E-state index >= 15 is 0 Å². The molecule has 1 fully saturated rings. The Labute approximate surface area is 111 Å². The van der Waals surface area contributed by atoms with Crippen LogP contribution in [0.25, 0.3) is 0 Å². The van der Waals surface area contributed by atoms with Crippen molar-refractivity contribution in [2.75, 3.05) is 19.6 Å². The van der Waals surface area contributed by atoms with Crippen molar-refractivity contribution in [3.8, 4) is 0 Å². The van der Waals surface area contributed by atoms with E-state index in [2.05, 4.69) is 45.8 Å². The fourth-order valence-electron chi connectivity index (χ4n) is 2.20. The van der Waals surface area contributed by atoms with Crippen LogP contribution in [-0.4, -0.2) is 30.6 Å². The molecule has 0 aliphatic carbocycles. The van der Waals surface area contributed by atoms with Crippen LogP contribution in [0.1, 0.15) is 25.5 Å². The Bertz CT molecular complexity index is 327. The van der Waals surface area contributed by atoms with Crippen LogP contribution < -0.4 is 5.32 Å². The smallest absolute Gasteiger partial charge is 0.164 e. The summed E-state index contributed by atoms with van der Waals surface area (Å²) in [5.41, 5.74) is 0. The lowest BCUT2D eigenvalue weighted by Gasteiger charge is -2.32. The van der Waals surface area contributed by atoms with E-state index in [9.17, 15) is 0 Å². The minimum absolute atomic E-state index is 0.622. The van der Waals surface area contributed by atoms with Crippen LogP contribution in [0, 0.1) is 3.77 Å². The highest BCUT2D eigenvalue weighted by molar-refractivity contribution is 14.1. The summed E-state index contributed by atoms with van der Waals surface area (Å²) in [6, 6.07) is 4.68. The molecule has 1 aliphatic rings. The number of halogens is 1. The summed E-state index contributed by atoms with van der Waals surface area (Å²) in [6.45, 7) is 6.68. The first-order valence-corrected chi connectivity index (χ1v) is 7.05. The summed E-state index contributed by atoms with van der Waals surface area (Å²) in [6.07, 6.45) is 2.59. The van der Waals surface area contributed by atoms with Gasteiger partial charge in [0.15, 0.2) is 3.77 Å². The minimum atomic E-state index is 0.622. The Morgan fingerprint density at radius 2 is 2.44 bits per heavy atom. The zero-order valence-electron chi connectivity index (χ0n) is 9.71. The maximum Gasteiger partial charge on any atom is 0.164 e. The van der Waals surface area contributed by atoms with Gasteiger partial charge in [-0.05, 0) is 60.7 Å². The van der Waals surface area contributed by atoms with Crippen molar-refractivity contribution in [2.24, 2.45) is 0 Å². The molecule has 1 atom stereocenters. The van der Waals surface area contributed by atoms with Crippen LogP contribution in [0.5, 0.6) is 0 Å². The van der Waals surface area contributed by atoms with Gasteiger partial charge in [-0.1, -0.05) is 6.92 Å². The van der Waals surface area contributed by atoms with Gasteiger partial charge >= 0.3 is 0 Å². The molecule has 0 radical (unpaired) electrons. The molecule has 1 unspecified atom stereocenters. The van der Waals surface area contributed by atoms with E-state index in [1.807, 2.05) is 6.07 Å². The van der Waals surface area contributed by atoms with Crippen LogP contribution in [0.15, 0.2) is 16.5 Å². The second-order valence-corrected chi connectivity index (χ2v) is 5.38. The molecule has 1 N–H and O–H groups in total. The van der Waals surface area contributed by atoms with E-state index in [1.165, 1.54) is 25.9 Å². The topological polar surface area (TPSA) is 28.4 Å². The molecule has 1 saturated heterocycles. The summed E-state index contributed by atoms with van der Waals surface area (Å²) in [4.78, 5) is 2.51. The number of likely N-dealkylation sites (tertiary alicyclic amines) is 1. The van der Waals surface area contributed by atoms with Crippen molar-refractivity contribution in [1.82, 2.24) is 10.2 Å². The summed E-state index contributed by atoms with van der Waals surface area (Å²) in [5.74, 6) is 1.04. The number of nitrogens with one attached hydrogen (secondary N) is 1. The van der Waals surface area contributed by atoms with Gasteiger partial charge < -0.3 is 14.6 Å². The van der Waals surface area contributed by atoms with Gasteiger partial charge in [0, 0.05) is 12.6 Å². The first kappa shape index (κ1) is 12.4. The van der Waals surface area contributed by atoms with Gasteiger partial charge in [0.1, 0.15) is 5.76 Å². The lowest BCUT2D eigenvalue weighted by molar-refractivity contribution is 0.196. The van der Waals surface area contributed by atoms with E-state index in [-0.39, 0.29) is 0 Å². The Hall–Kier alpha value is -0.0700. The Morgan fingerprint density at radius 1 is 1.56 bits per heavy atom. The molecule has 4 heteroatoms. The van der Waals surface area contributed by atoms with Crippen molar-refractivity contribution in [2.45, 2.75) is 32.4 Å². The number of hydrogen-bond acceptors (Lipinski definition) is 3. The highest BCUT2D eigenvalue weighted by Crippen LogP contribution is 2.12. The molecule has 1 aromatic rings. The average Bonchev–Trinajstić information content (AvgIpc) is 2.73. The third-order valence-corrected chi connectivity index (χ3v) is 3.73. The Kier molecular flexibility index (Phi) is 4.66. The van der Waals surface area contributed by atoms with Crippen LogP contribution in [0.4, 0.5) is 0 Å². The van der Waals surface area contributed by atoms with Gasteiger partial charge in [0.25, 0.3) is 0 Å². The third kappa shape index (κ3) is 3.46. The van der Waals surface area contributed by atoms with E-state index in [4.69, 9.17) is 4.42 Å². The molecule has 0 spiro atoms. The van der Waals surface area contributed by atoms with Crippen molar-refractivity contribution >= 4 is 22.6 Å². The molecule has 1 aliphatic heterocycles. The molecule has 1 aromatic heterocycles. The minimum Gasteiger partial charge on any atom is -0.454 e. The summed E-state index contributed by atoms with van der Waals surface area (Å²) in [7, 11) is 0. The van der Waals surface area contributed by atoms with Crippen LogP contribution in [0.3, 0.4) is 0 Å². The quantitative estimate of drug-likeness (QED) is 0.858. The molecular formula is C12H19IN2O. The molecule has 3 nitrogen and oxygen atoms in total. The monoisotopic (exact) mass is 334 g/mol. The zero-order chi connectivity index (χ0) is 11.4. The second-order valence-electron chi connectivity index (χ2n) is 4.32. The first-order chi connectivity index (χ1) is 7.78. The Balaban J connectivity index is 1.77. The van der Waals surface area contributed by atoms with Crippen molar-refractivity contribution in [1.29, 1.82) is 0 Å². The summed E-state index contributed by atoms with van der Waals surface area (Å²) >= 11 is 2.20. The molecule has 0 amide bonds. The van der Waals surface area contributed by atoms with Gasteiger partial charge in [-0.2, -0.15) is 0 Å². The predicted octanol–water partition coefficient (Wildman–Crippen LogP) is 2.46. The second kappa shape index (κ2) is 6.02. The SMILES string of the molecule is CCN1CCCC(NCc2ccc(I)o2)C1. The number of nitrogens with zero attached hydrogens (tertiary/aromatic N) is 1. The molecule has 16 heavy (non-hydrogen) atoms. The number of furan rings is 1. The Morgan fingerprint density at radius 3 is 3.12 bits per heavy atom. The van der Waals surface area contributed by atoms with Gasteiger partial charge in [-0.15, -0.1) is 0 Å². The highest BCUT2D eigenvalue weighted by atomic mass is 127. The van der Waals surface area contributed by atoms with Crippen LogP contribution in [0.2, 0.25) is 0 Å². The maximum absolute atomic E-state index is 5.54. The van der Waals surface area contributed by atoms with E-state index < -0.39 is 0 Å². The highest BCUT2D eigenvalue weighted by Gasteiger charge is 2.18. The standard InChI is InChI=1S/C12H19IN2O/c1-2-15-7-3-4-10(9-15)14-8-11-5-6-12(13)16-11/h5-6,10,14H,2-4,7-9H2,1H3. The van der Waals surface area contributed by atoms with Gasteiger partial charge in [0.05, 0.1) is 6.54 Å². The zero-order valence-corrected chi connectivity index (χ0v) is 11.9. The lowest BCUT2D eigenvalue weighted by atomic mass is 10.1. The predicted molar refractivity (Wildman–Crippen MR) is 73.4 cm³/mol. The first-order valence-electron chi connectivity index (χ1n) is 5.98. The van der Waals surface area contributed by atoms with Crippen molar-refractivity contribution in [3.05, 3.63) is 21.7 Å². The van der Waals surface area contributed by atoms with Crippen molar-refractivity contribution < 1.29 is 4.42 Å². The maximum atomic E-state index is 5.54. The van der Waals surface area contributed by atoms with E-state index in [0.717, 1.165) is 22.6 Å². The molecular weight excluding hydrogens is 315 g/mol. The van der Waals surface area contributed by atoms with Crippen LogP contribution in [-0.2, 0) is 6.54 Å². The van der Waals surface area contributed by atoms with E-state index in [1.54, 1.807) is 0 Å². The van der Waals surface area contributed by atoms with Crippen LogP contribution >= 0.6 is 22.6 Å². The van der Waals surface area contributed by atoms with Gasteiger partial charge in [-0.25, -0.2) is 0 Å². The molecule has 2 heterocycles. The van der Waals surface area contributed by atoms with Crippen molar-refractivity contribution in [3.63, 3.8) is 0 Å². The molecule has 0 bridgehead atoms. The fourth-order valence-corrected chi connectivity index (χ4v) is 2.66. The third-order valence-electron chi connectivity index (χ3n) is 3.15.